The molecule has 1 heterocycles. The molecule has 0 bridgehead atoms. The molecule has 1 rings (SSSR count). The molecule has 0 aromatic heterocycles. The molecule has 0 aliphatic carbocycles. The molecule has 0 aromatic carbocycles. The molecule has 4 nitrogen and oxygen atoms in total. The summed E-state index contributed by atoms with van der Waals surface area (Å²) < 4.78 is 85.1. The van der Waals surface area contributed by atoms with Gasteiger partial charge in [-0.3, -0.25) is 4.57 Å². The van der Waals surface area contributed by atoms with Gasteiger partial charge in [-0.1, -0.05) is 0 Å². The summed E-state index contributed by atoms with van der Waals surface area (Å²) in [6.45, 7) is -5.75. The third-order valence-electron chi connectivity index (χ3n) is 1.41. The monoisotopic (exact) mass is 269 g/mol. The molecule has 1 atom stereocenters. The van der Waals surface area contributed by atoms with Gasteiger partial charge in [0.25, 0.3) is 0 Å². The Hall–Kier alpha value is 0.690. The highest BCUT2D eigenvalue weighted by atomic mass is 35.5. The number of hydrogen-bond donors (Lipinski definition) is 1. The van der Waals surface area contributed by atoms with E-state index in [9.17, 15) is 4.57 Å². The first kappa shape index (κ1) is 4.91. The second-order valence-corrected chi connectivity index (χ2v) is 4.80. The van der Waals surface area contributed by atoms with Crippen molar-refractivity contribution < 1.29 is 21.5 Å². The maximum atomic E-state index is 12.9. The summed E-state index contributed by atoms with van der Waals surface area (Å²) in [7, 11) is -4.64. The predicted molar refractivity (Wildman–Crippen MR) is 59.2 cm³/mol. The molecule has 84 valence electrons. The average Bonchev–Trinajstić information content (AvgIpc) is 2.20. The largest absolute Gasteiger partial charge is 0.343 e. The lowest BCUT2D eigenvalue weighted by Crippen LogP contribution is -2.35. The highest BCUT2D eigenvalue weighted by Gasteiger charge is 2.32. The van der Waals surface area contributed by atoms with Crippen LogP contribution in [-0.2, 0) is 9.09 Å². The van der Waals surface area contributed by atoms with E-state index in [-0.39, 0.29) is 5.08 Å². The minimum Gasteiger partial charge on any atom is -0.306 e. The van der Waals surface area contributed by atoms with E-state index >= 15 is 0 Å². The number of hydrogen-bond acceptors (Lipinski definition) is 2. The zero-order valence-electron chi connectivity index (χ0n) is 16.0. The molecule has 7 heteroatoms. The molecule has 1 aliphatic rings. The SMILES string of the molecule is [2H]N1CC([2H])([2H])C([2H])([2H])OP1(=O)N(CC([2H])([2H])Cl)CC([2H])([2H])Cl. The summed E-state index contributed by atoms with van der Waals surface area (Å²) in [6.07, 6.45) is -2.66. The molecule has 0 radical (unpaired) electrons. The Bertz CT molecular complexity index is 481. The maximum absolute atomic E-state index is 12.9. The van der Waals surface area contributed by atoms with Crippen LogP contribution in [0.4, 0.5) is 0 Å². The van der Waals surface area contributed by atoms with Gasteiger partial charge in [-0.25, -0.2) is 9.75 Å². The number of rotatable bonds is 5. The zero-order valence-corrected chi connectivity index (χ0v) is 9.44. The summed E-state index contributed by atoms with van der Waals surface area (Å²) in [5, 5.41) is 0.138. The normalized spacial score (nSPS) is 48.4. The summed E-state index contributed by atoms with van der Waals surface area (Å²) in [5.41, 5.74) is 0. The molecule has 1 N–H and O–H groups in total. The molecule has 1 unspecified atom stereocenters. The molecule has 14 heavy (non-hydrogen) atoms. The van der Waals surface area contributed by atoms with Crippen molar-refractivity contribution >= 4 is 30.9 Å². The van der Waals surface area contributed by atoms with Crippen LogP contribution in [0, 0.1) is 0 Å². The third-order valence-corrected chi connectivity index (χ3v) is 3.47. The molecule has 1 saturated heterocycles. The Morgan fingerprint density at radius 2 is 2.29 bits per heavy atom. The van der Waals surface area contributed by atoms with Crippen LogP contribution in [0.1, 0.15) is 17.3 Å². The lowest BCUT2D eigenvalue weighted by atomic mass is 10.5. The minimum absolute atomic E-state index is 0.138. The molecule has 0 spiro atoms. The first-order chi connectivity index (χ1) is 9.90. The van der Waals surface area contributed by atoms with Gasteiger partial charge in [-0.05, 0) is 6.37 Å². The first-order valence-electron chi connectivity index (χ1n) is 8.05. The van der Waals surface area contributed by atoms with Crippen molar-refractivity contribution in [3.05, 3.63) is 0 Å². The van der Waals surface area contributed by atoms with Gasteiger partial charge in [-0.2, -0.15) is 0 Å². The topological polar surface area (TPSA) is 41.6 Å². The second-order valence-electron chi connectivity index (χ2n) is 2.25. The van der Waals surface area contributed by atoms with Gasteiger partial charge in [0.2, 0.25) is 0 Å². The molecule has 0 aromatic rings. The third kappa shape index (κ3) is 3.37. The van der Waals surface area contributed by atoms with Gasteiger partial charge in [0.05, 0.1) is 9.30 Å². The van der Waals surface area contributed by atoms with E-state index in [0.717, 1.165) is 0 Å². The van der Waals surface area contributed by atoms with Gasteiger partial charge in [-0.15, -0.1) is 23.2 Å². The van der Waals surface area contributed by atoms with Crippen LogP contribution in [0.3, 0.4) is 0 Å². The molecule has 0 amide bonds. The van der Waals surface area contributed by atoms with E-state index in [1.54, 1.807) is 0 Å². The zero-order chi connectivity index (χ0) is 18.5. The van der Waals surface area contributed by atoms with Crippen molar-refractivity contribution in [1.82, 2.24) is 9.75 Å². The van der Waals surface area contributed by atoms with Crippen molar-refractivity contribution in [2.75, 3.05) is 37.9 Å². The Labute approximate surface area is 107 Å². The Morgan fingerprint density at radius 3 is 2.86 bits per heavy atom. The number of nitrogens with one attached hydrogen (secondary N) is 1. The summed E-state index contributed by atoms with van der Waals surface area (Å²) >= 11 is 10.8. The fraction of sp³-hybridized carbons (Fsp3) is 1.00. The van der Waals surface area contributed by atoms with Crippen LogP contribution >= 0.6 is 30.9 Å². The number of nitrogens with zero attached hydrogens (tertiary/aromatic N) is 1. The lowest BCUT2D eigenvalue weighted by molar-refractivity contribution is 0.233. The van der Waals surface area contributed by atoms with Crippen molar-refractivity contribution in [2.24, 2.45) is 0 Å². The Morgan fingerprint density at radius 1 is 1.64 bits per heavy atom. The van der Waals surface area contributed by atoms with E-state index in [2.05, 4.69) is 4.52 Å². The fourth-order valence-corrected chi connectivity index (χ4v) is 2.54. The summed E-state index contributed by atoms with van der Waals surface area (Å²) in [4.78, 5) is 0. The van der Waals surface area contributed by atoms with Crippen molar-refractivity contribution in [1.29, 1.82) is 0 Å². The average molecular weight is 270 g/mol. The molecule has 0 saturated carbocycles. The highest BCUT2D eigenvalue weighted by Crippen LogP contribution is 2.47. The van der Waals surface area contributed by atoms with Gasteiger partial charge >= 0.3 is 7.67 Å². The van der Waals surface area contributed by atoms with E-state index in [1.165, 1.54) is 0 Å². The fourth-order valence-electron chi connectivity index (χ4n) is 0.797. The van der Waals surface area contributed by atoms with Crippen molar-refractivity contribution in [3.63, 3.8) is 0 Å². The summed E-state index contributed by atoms with van der Waals surface area (Å²) in [5.74, 6) is -4.99. The van der Waals surface area contributed by atoms with Crippen LogP contribution < -0.4 is 5.08 Å². The standard InChI is InChI=1S/C7H15Cl2N2O2P/c8-2-5-11(6-3-9)14(12)10-4-1-7-13-14/h1-7H2,(H,10,12)/i1D2,2D2,3D2,7D2/hD. The molecular weight excluding hydrogens is 246 g/mol. The van der Waals surface area contributed by atoms with E-state index in [1.807, 2.05) is 0 Å². The van der Waals surface area contributed by atoms with Crippen molar-refractivity contribution in [3.8, 4) is 0 Å². The first-order valence-corrected chi connectivity index (χ1v) is 5.89. The van der Waals surface area contributed by atoms with Crippen LogP contribution in [0.5, 0.6) is 0 Å². The minimum atomic E-state index is -4.64. The molecule has 1 aliphatic heterocycles. The summed E-state index contributed by atoms with van der Waals surface area (Å²) in [6, 6.07) is 0. The maximum Gasteiger partial charge on any atom is 0.343 e. The second kappa shape index (κ2) is 6.31. The van der Waals surface area contributed by atoms with E-state index in [0.29, 0.717) is 4.67 Å². The smallest absolute Gasteiger partial charge is 0.306 e. The van der Waals surface area contributed by atoms with E-state index < -0.39 is 51.9 Å². The molecular formula is C7H15Cl2N2O2P. The Balaban J connectivity index is 3.24. The number of alkyl halides is 2. The van der Waals surface area contributed by atoms with Gasteiger partial charge in [0.15, 0.2) is 0 Å². The van der Waals surface area contributed by atoms with Gasteiger partial charge < -0.3 is 4.52 Å². The van der Waals surface area contributed by atoms with Gasteiger partial charge in [0, 0.05) is 39.5 Å². The van der Waals surface area contributed by atoms with Crippen LogP contribution in [0.15, 0.2) is 0 Å². The molecule has 1 fully saturated rings. The number of halogens is 2. The predicted octanol–water partition coefficient (Wildman–Crippen LogP) is 1.88. The van der Waals surface area contributed by atoms with Crippen molar-refractivity contribution in [2.45, 2.75) is 6.37 Å². The van der Waals surface area contributed by atoms with Crippen LogP contribution in [0.2, 0.25) is 1.41 Å². The van der Waals surface area contributed by atoms with E-state index in [4.69, 9.17) is 35.6 Å². The highest BCUT2D eigenvalue weighted by molar-refractivity contribution is 7.54. The Kier molecular flexibility index (Phi) is 2.21. The quantitative estimate of drug-likeness (QED) is 0.612. The lowest BCUT2D eigenvalue weighted by Gasteiger charge is -2.33. The van der Waals surface area contributed by atoms with Crippen LogP contribution in [0.25, 0.3) is 0 Å². The van der Waals surface area contributed by atoms with Crippen LogP contribution in [-0.4, -0.2) is 42.5 Å². The van der Waals surface area contributed by atoms with Gasteiger partial charge in [0.1, 0.15) is 1.41 Å².